The van der Waals surface area contributed by atoms with Crippen molar-refractivity contribution in [1.29, 1.82) is 0 Å². The normalized spacial score (nSPS) is 12.0. The van der Waals surface area contributed by atoms with Crippen LogP contribution in [0.5, 0.6) is 0 Å². The van der Waals surface area contributed by atoms with Crippen molar-refractivity contribution in [3.8, 4) is 0 Å². The molecule has 1 rings (SSSR count). The predicted octanol–water partition coefficient (Wildman–Crippen LogP) is 0.342. The molecule has 0 unspecified atom stereocenters. The fraction of sp³-hybridized carbons (Fsp3) is 0.583. The number of amides is 1. The summed E-state index contributed by atoms with van der Waals surface area (Å²) < 4.78 is 28.2. The minimum absolute atomic E-state index is 0. The molecular formula is C12H23ClN4O3S. The largest absolute Gasteiger partial charge is 0.364 e. The molecule has 0 fully saturated rings. The highest BCUT2D eigenvalue weighted by molar-refractivity contribution is 7.89. The Morgan fingerprint density at radius 3 is 2.29 bits per heavy atom. The summed E-state index contributed by atoms with van der Waals surface area (Å²) in [7, 11) is -2.15. The Hall–Kier alpha value is -1.09. The number of carbonyl (C=O) groups is 1. The van der Waals surface area contributed by atoms with Crippen LogP contribution in [0, 0.1) is 0 Å². The van der Waals surface area contributed by atoms with Crippen LogP contribution in [0.1, 0.15) is 37.2 Å². The summed E-state index contributed by atoms with van der Waals surface area (Å²) in [5, 5.41) is 0. The van der Waals surface area contributed by atoms with Gasteiger partial charge in [-0.2, -0.15) is 0 Å². The molecule has 0 bridgehead atoms. The molecule has 1 aromatic heterocycles. The molecule has 1 heterocycles. The van der Waals surface area contributed by atoms with E-state index in [-0.39, 0.29) is 29.5 Å². The summed E-state index contributed by atoms with van der Waals surface area (Å²) >= 11 is 0. The fourth-order valence-electron chi connectivity index (χ4n) is 1.75. The summed E-state index contributed by atoms with van der Waals surface area (Å²) in [4.78, 5) is 11.1. The summed E-state index contributed by atoms with van der Waals surface area (Å²) in [6.45, 7) is 3.96. The van der Waals surface area contributed by atoms with Crippen LogP contribution < -0.4 is 16.2 Å². The number of sulfonamides is 1. The van der Waals surface area contributed by atoms with E-state index in [1.165, 1.54) is 16.8 Å². The molecule has 0 aliphatic rings. The molecule has 0 aromatic carbocycles. The van der Waals surface area contributed by atoms with Gasteiger partial charge >= 0.3 is 0 Å². The Balaban J connectivity index is 0.00000400. The smallest absolute Gasteiger partial charge is 0.265 e. The van der Waals surface area contributed by atoms with Gasteiger partial charge < -0.3 is 16.0 Å². The molecule has 0 radical (unpaired) electrons. The highest BCUT2D eigenvalue weighted by Crippen LogP contribution is 2.15. The maximum absolute atomic E-state index is 12.2. The topological polar surface area (TPSA) is 120 Å². The zero-order valence-electron chi connectivity index (χ0n) is 12.4. The van der Waals surface area contributed by atoms with Gasteiger partial charge in [-0.15, -0.1) is 12.4 Å². The second-order valence-electron chi connectivity index (χ2n) is 4.93. The van der Waals surface area contributed by atoms with Gasteiger partial charge in [-0.3, -0.25) is 4.79 Å². The Kier molecular flexibility index (Phi) is 6.88. The molecule has 5 N–H and O–H groups in total. The Labute approximate surface area is 131 Å². The number of hydrogen-bond donors (Lipinski definition) is 3. The standard InChI is InChI=1S/C12H22N4O3S.ClH/c1-4-12(14,5-2)8-15-20(18,19)9-6-10(11(13)17)16(3)7-9;/h6-7,15H,4-5,8,14H2,1-3H3,(H2,13,17);1H. The van der Waals surface area contributed by atoms with Crippen LogP contribution >= 0.6 is 12.4 Å². The lowest BCUT2D eigenvalue weighted by Crippen LogP contribution is -2.49. The van der Waals surface area contributed by atoms with Gasteiger partial charge in [-0.1, -0.05) is 13.8 Å². The van der Waals surface area contributed by atoms with E-state index in [0.717, 1.165) is 0 Å². The summed E-state index contributed by atoms with van der Waals surface area (Å²) in [5.74, 6) is -0.677. The van der Waals surface area contributed by atoms with E-state index >= 15 is 0 Å². The van der Waals surface area contributed by atoms with Crippen molar-refractivity contribution < 1.29 is 13.2 Å². The van der Waals surface area contributed by atoms with Gasteiger partial charge in [0, 0.05) is 25.3 Å². The van der Waals surface area contributed by atoms with Crippen LogP contribution in [-0.4, -0.2) is 31.0 Å². The molecular weight excluding hydrogens is 316 g/mol. The monoisotopic (exact) mass is 338 g/mol. The van der Waals surface area contributed by atoms with Crippen molar-refractivity contribution in [2.24, 2.45) is 18.5 Å². The number of nitrogens with two attached hydrogens (primary N) is 2. The van der Waals surface area contributed by atoms with Crippen LogP contribution in [0.15, 0.2) is 17.2 Å². The van der Waals surface area contributed by atoms with E-state index in [2.05, 4.69) is 4.72 Å². The lowest BCUT2D eigenvalue weighted by molar-refractivity contribution is 0.0992. The maximum atomic E-state index is 12.2. The first kappa shape index (κ1) is 19.9. The van der Waals surface area contributed by atoms with Crippen molar-refractivity contribution in [2.75, 3.05) is 6.54 Å². The van der Waals surface area contributed by atoms with Crippen LogP contribution in [-0.2, 0) is 17.1 Å². The molecule has 0 spiro atoms. The Morgan fingerprint density at radius 2 is 1.90 bits per heavy atom. The average molecular weight is 339 g/mol. The summed E-state index contributed by atoms with van der Waals surface area (Å²) in [6.07, 6.45) is 2.67. The third kappa shape index (κ3) is 4.70. The molecule has 0 atom stereocenters. The molecule has 0 aliphatic heterocycles. The van der Waals surface area contributed by atoms with Gasteiger partial charge in [0.05, 0.1) is 0 Å². The second kappa shape index (κ2) is 7.26. The van der Waals surface area contributed by atoms with E-state index in [0.29, 0.717) is 12.8 Å². The SMILES string of the molecule is CCC(N)(CC)CNS(=O)(=O)c1cc(C(N)=O)n(C)c1.Cl. The maximum Gasteiger partial charge on any atom is 0.265 e. The van der Waals surface area contributed by atoms with Crippen LogP contribution in [0.25, 0.3) is 0 Å². The third-order valence-electron chi connectivity index (χ3n) is 3.57. The molecule has 1 aromatic rings. The number of aryl methyl sites for hydroxylation is 1. The van der Waals surface area contributed by atoms with Crippen molar-refractivity contribution in [3.63, 3.8) is 0 Å². The highest BCUT2D eigenvalue weighted by Gasteiger charge is 2.25. The Morgan fingerprint density at radius 1 is 1.38 bits per heavy atom. The number of hydrogen-bond acceptors (Lipinski definition) is 4. The first-order chi connectivity index (χ1) is 9.15. The van der Waals surface area contributed by atoms with Gasteiger partial charge in [-0.25, -0.2) is 13.1 Å². The molecule has 1 amide bonds. The van der Waals surface area contributed by atoms with Gasteiger partial charge in [0.25, 0.3) is 5.91 Å². The number of halogens is 1. The van der Waals surface area contributed by atoms with E-state index in [9.17, 15) is 13.2 Å². The molecule has 122 valence electrons. The van der Waals surface area contributed by atoms with Crippen molar-refractivity contribution in [1.82, 2.24) is 9.29 Å². The first-order valence-electron chi connectivity index (χ1n) is 6.40. The number of aromatic nitrogens is 1. The van der Waals surface area contributed by atoms with E-state index in [1.807, 2.05) is 13.8 Å². The number of nitrogens with one attached hydrogen (secondary N) is 1. The van der Waals surface area contributed by atoms with Gasteiger partial charge in [0.1, 0.15) is 10.6 Å². The fourth-order valence-corrected chi connectivity index (χ4v) is 2.96. The average Bonchev–Trinajstić information content (AvgIpc) is 2.79. The lowest BCUT2D eigenvalue weighted by atomic mass is 9.95. The lowest BCUT2D eigenvalue weighted by Gasteiger charge is -2.26. The summed E-state index contributed by atoms with van der Waals surface area (Å²) in [5.41, 5.74) is 10.8. The van der Waals surface area contributed by atoms with E-state index in [1.54, 1.807) is 7.05 Å². The minimum atomic E-state index is -3.71. The first-order valence-corrected chi connectivity index (χ1v) is 7.88. The highest BCUT2D eigenvalue weighted by atomic mass is 35.5. The van der Waals surface area contributed by atoms with Gasteiger partial charge in [0.15, 0.2) is 0 Å². The minimum Gasteiger partial charge on any atom is -0.364 e. The third-order valence-corrected chi connectivity index (χ3v) is 4.93. The van der Waals surface area contributed by atoms with E-state index < -0.39 is 21.5 Å². The van der Waals surface area contributed by atoms with Crippen molar-refractivity contribution in [2.45, 2.75) is 37.1 Å². The number of primary amides is 1. The number of rotatable bonds is 7. The zero-order chi connectivity index (χ0) is 15.6. The molecule has 7 nitrogen and oxygen atoms in total. The van der Waals surface area contributed by atoms with Crippen LogP contribution in [0.2, 0.25) is 0 Å². The molecule has 0 aliphatic carbocycles. The summed E-state index contributed by atoms with van der Waals surface area (Å²) in [6, 6.07) is 1.25. The molecule has 0 saturated carbocycles. The van der Waals surface area contributed by atoms with Crippen LogP contribution in [0.4, 0.5) is 0 Å². The number of nitrogens with zero attached hydrogens (tertiary/aromatic N) is 1. The molecule has 0 saturated heterocycles. The zero-order valence-corrected chi connectivity index (χ0v) is 14.1. The molecule has 21 heavy (non-hydrogen) atoms. The quantitative estimate of drug-likeness (QED) is 0.663. The van der Waals surface area contributed by atoms with Crippen molar-refractivity contribution >= 4 is 28.3 Å². The second-order valence-corrected chi connectivity index (χ2v) is 6.70. The van der Waals surface area contributed by atoms with Gasteiger partial charge in [0.2, 0.25) is 10.0 Å². The predicted molar refractivity (Wildman–Crippen MR) is 83.9 cm³/mol. The van der Waals surface area contributed by atoms with Crippen LogP contribution in [0.3, 0.4) is 0 Å². The Bertz CT molecular complexity index is 594. The van der Waals surface area contributed by atoms with Crippen molar-refractivity contribution in [3.05, 3.63) is 18.0 Å². The van der Waals surface area contributed by atoms with E-state index in [4.69, 9.17) is 11.5 Å². The number of carbonyl (C=O) groups excluding carboxylic acids is 1. The molecule has 9 heteroatoms. The van der Waals surface area contributed by atoms with Gasteiger partial charge in [-0.05, 0) is 18.9 Å².